The second-order valence-electron chi connectivity index (χ2n) is 7.23. The third-order valence-electron chi connectivity index (χ3n) is 3.76. The summed E-state index contributed by atoms with van der Waals surface area (Å²) in [7, 11) is 0. The number of ether oxygens (including phenoxy) is 2. The summed E-state index contributed by atoms with van der Waals surface area (Å²) in [4.78, 5) is 2.51. The zero-order valence-corrected chi connectivity index (χ0v) is 12.8. The highest BCUT2D eigenvalue weighted by molar-refractivity contribution is 5.44. The number of rotatable bonds is 2. The fraction of sp³-hybridized carbons (Fsp3) is 0.625. The first-order chi connectivity index (χ1) is 9.33. The van der Waals surface area contributed by atoms with E-state index < -0.39 is 0 Å². The molecule has 1 N–H and O–H groups in total. The van der Waals surface area contributed by atoms with Gasteiger partial charge in [0.1, 0.15) is 0 Å². The Morgan fingerprint density at radius 1 is 1.05 bits per heavy atom. The first-order valence-corrected chi connectivity index (χ1v) is 7.23. The lowest BCUT2D eigenvalue weighted by atomic mass is 9.91. The summed E-state index contributed by atoms with van der Waals surface area (Å²) in [5, 5.41) is 3.70. The molecule has 20 heavy (non-hydrogen) atoms. The van der Waals surface area contributed by atoms with Crippen LogP contribution in [0.3, 0.4) is 0 Å². The summed E-state index contributed by atoms with van der Waals surface area (Å²) < 4.78 is 10.8. The predicted molar refractivity (Wildman–Crippen MR) is 79.1 cm³/mol. The Labute approximate surface area is 121 Å². The van der Waals surface area contributed by atoms with Crippen molar-refractivity contribution in [2.24, 2.45) is 0 Å². The number of hydrogen-bond donors (Lipinski definition) is 1. The molecule has 0 unspecified atom stereocenters. The van der Waals surface area contributed by atoms with Crippen LogP contribution in [0.2, 0.25) is 0 Å². The first-order valence-electron chi connectivity index (χ1n) is 7.23. The average Bonchev–Trinajstić information content (AvgIpc) is 2.71. The standard InChI is InChI=1S/C16H24N2O2/c1-15(2)9-18(10-16(3,4)17-15)8-12-5-6-13-14(7-12)20-11-19-13/h5-7,17H,8-11H2,1-4H3. The lowest BCUT2D eigenvalue weighted by Crippen LogP contribution is -2.66. The Hall–Kier alpha value is -1.26. The van der Waals surface area contributed by atoms with E-state index in [-0.39, 0.29) is 11.1 Å². The number of hydrogen-bond acceptors (Lipinski definition) is 4. The van der Waals surface area contributed by atoms with Crippen molar-refractivity contribution in [3.8, 4) is 11.5 Å². The Morgan fingerprint density at radius 3 is 2.40 bits per heavy atom. The summed E-state index contributed by atoms with van der Waals surface area (Å²) in [6.07, 6.45) is 0. The highest BCUT2D eigenvalue weighted by atomic mass is 16.7. The van der Waals surface area contributed by atoms with Gasteiger partial charge in [0.15, 0.2) is 11.5 Å². The van der Waals surface area contributed by atoms with Gasteiger partial charge in [0.05, 0.1) is 0 Å². The van der Waals surface area contributed by atoms with Gasteiger partial charge in [-0.05, 0) is 45.4 Å². The molecule has 0 spiro atoms. The average molecular weight is 276 g/mol. The van der Waals surface area contributed by atoms with Gasteiger partial charge in [-0.2, -0.15) is 0 Å². The highest BCUT2D eigenvalue weighted by Crippen LogP contribution is 2.33. The van der Waals surface area contributed by atoms with E-state index in [1.807, 2.05) is 6.07 Å². The molecule has 2 aliphatic rings. The van der Waals surface area contributed by atoms with Crippen molar-refractivity contribution in [2.75, 3.05) is 19.9 Å². The van der Waals surface area contributed by atoms with Crippen LogP contribution in [-0.2, 0) is 6.54 Å². The first kappa shape index (κ1) is 13.7. The molecule has 3 rings (SSSR count). The van der Waals surface area contributed by atoms with Crippen LogP contribution in [0.25, 0.3) is 0 Å². The Morgan fingerprint density at radius 2 is 1.70 bits per heavy atom. The van der Waals surface area contributed by atoms with E-state index in [1.54, 1.807) is 0 Å². The van der Waals surface area contributed by atoms with Gasteiger partial charge in [-0.25, -0.2) is 0 Å². The van der Waals surface area contributed by atoms with Gasteiger partial charge < -0.3 is 14.8 Å². The van der Waals surface area contributed by atoms with E-state index in [1.165, 1.54) is 5.56 Å². The second-order valence-corrected chi connectivity index (χ2v) is 7.23. The number of nitrogens with zero attached hydrogens (tertiary/aromatic N) is 1. The van der Waals surface area contributed by atoms with Crippen LogP contribution in [0, 0.1) is 0 Å². The van der Waals surface area contributed by atoms with Crippen molar-refractivity contribution in [3.63, 3.8) is 0 Å². The maximum absolute atomic E-state index is 5.46. The third-order valence-corrected chi connectivity index (χ3v) is 3.76. The van der Waals surface area contributed by atoms with Crippen LogP contribution in [0.15, 0.2) is 18.2 Å². The van der Waals surface area contributed by atoms with Gasteiger partial charge >= 0.3 is 0 Å². The predicted octanol–water partition coefficient (Wildman–Crippen LogP) is 2.38. The molecule has 1 aromatic rings. The van der Waals surface area contributed by atoms with Gasteiger partial charge in [0.25, 0.3) is 0 Å². The smallest absolute Gasteiger partial charge is 0.231 e. The molecule has 0 amide bonds. The normalized spacial score (nSPS) is 23.8. The lowest BCUT2D eigenvalue weighted by Gasteiger charge is -2.48. The molecule has 1 saturated heterocycles. The zero-order chi connectivity index (χ0) is 14.4. The lowest BCUT2D eigenvalue weighted by molar-refractivity contribution is 0.0728. The summed E-state index contributed by atoms with van der Waals surface area (Å²) in [6, 6.07) is 6.25. The topological polar surface area (TPSA) is 33.7 Å². The molecule has 2 aliphatic heterocycles. The molecule has 0 bridgehead atoms. The number of piperazine rings is 1. The van der Waals surface area contributed by atoms with Crippen LogP contribution in [-0.4, -0.2) is 35.9 Å². The maximum atomic E-state index is 5.46. The number of fused-ring (bicyclic) bond motifs is 1. The Kier molecular flexibility index (Phi) is 3.18. The summed E-state index contributed by atoms with van der Waals surface area (Å²) in [5.41, 5.74) is 1.55. The van der Waals surface area contributed by atoms with Crippen molar-refractivity contribution in [1.29, 1.82) is 0 Å². The van der Waals surface area contributed by atoms with Crippen LogP contribution in [0.5, 0.6) is 11.5 Å². The van der Waals surface area contributed by atoms with E-state index in [0.29, 0.717) is 6.79 Å². The molecule has 0 aromatic heterocycles. The van der Waals surface area contributed by atoms with E-state index in [2.05, 4.69) is 50.0 Å². The summed E-state index contributed by atoms with van der Waals surface area (Å²) >= 11 is 0. The Bertz CT molecular complexity index is 495. The fourth-order valence-electron chi connectivity index (χ4n) is 3.58. The summed E-state index contributed by atoms with van der Waals surface area (Å²) in [5.74, 6) is 1.73. The van der Waals surface area contributed by atoms with Gasteiger partial charge in [0, 0.05) is 30.7 Å². The van der Waals surface area contributed by atoms with E-state index in [4.69, 9.17) is 9.47 Å². The molecule has 110 valence electrons. The molecule has 1 fully saturated rings. The van der Waals surface area contributed by atoms with Gasteiger partial charge in [-0.1, -0.05) is 6.07 Å². The van der Waals surface area contributed by atoms with E-state index in [9.17, 15) is 0 Å². The second kappa shape index (κ2) is 4.64. The molecular formula is C16H24N2O2. The van der Waals surface area contributed by atoms with Crippen molar-refractivity contribution in [3.05, 3.63) is 23.8 Å². The SMILES string of the molecule is CC1(C)CN(Cc2ccc3c(c2)OCO3)CC(C)(C)N1. The highest BCUT2D eigenvalue weighted by Gasteiger charge is 2.36. The Balaban J connectivity index is 1.74. The molecule has 2 heterocycles. The van der Waals surface area contributed by atoms with Gasteiger partial charge in [-0.15, -0.1) is 0 Å². The van der Waals surface area contributed by atoms with Crippen LogP contribution in [0.1, 0.15) is 33.3 Å². The minimum Gasteiger partial charge on any atom is -0.454 e. The molecule has 0 atom stereocenters. The van der Waals surface area contributed by atoms with Crippen molar-refractivity contribution in [2.45, 2.75) is 45.3 Å². The molecule has 4 heteroatoms. The number of nitrogens with one attached hydrogen (secondary N) is 1. The minimum atomic E-state index is 0.137. The molecule has 1 aromatic carbocycles. The van der Waals surface area contributed by atoms with Crippen LogP contribution >= 0.6 is 0 Å². The van der Waals surface area contributed by atoms with Crippen molar-refractivity contribution in [1.82, 2.24) is 10.2 Å². The molecule has 4 nitrogen and oxygen atoms in total. The largest absolute Gasteiger partial charge is 0.454 e. The van der Waals surface area contributed by atoms with Crippen LogP contribution < -0.4 is 14.8 Å². The summed E-state index contributed by atoms with van der Waals surface area (Å²) in [6.45, 7) is 12.4. The number of benzene rings is 1. The fourth-order valence-corrected chi connectivity index (χ4v) is 3.58. The van der Waals surface area contributed by atoms with Gasteiger partial charge in [0.2, 0.25) is 6.79 Å². The molecular weight excluding hydrogens is 252 g/mol. The third kappa shape index (κ3) is 2.91. The van der Waals surface area contributed by atoms with E-state index in [0.717, 1.165) is 31.1 Å². The zero-order valence-electron chi connectivity index (χ0n) is 12.8. The minimum absolute atomic E-state index is 0.137. The van der Waals surface area contributed by atoms with Crippen LogP contribution in [0.4, 0.5) is 0 Å². The quantitative estimate of drug-likeness (QED) is 0.899. The van der Waals surface area contributed by atoms with Crippen molar-refractivity contribution < 1.29 is 9.47 Å². The van der Waals surface area contributed by atoms with Crippen molar-refractivity contribution >= 4 is 0 Å². The van der Waals surface area contributed by atoms with Gasteiger partial charge in [-0.3, -0.25) is 4.90 Å². The van der Waals surface area contributed by atoms with E-state index >= 15 is 0 Å². The maximum Gasteiger partial charge on any atom is 0.231 e. The molecule has 0 saturated carbocycles. The molecule has 0 radical (unpaired) electrons. The molecule has 0 aliphatic carbocycles. The monoisotopic (exact) mass is 276 g/mol.